The quantitative estimate of drug-likeness (QED) is 0.545. The van der Waals surface area contributed by atoms with Crippen molar-refractivity contribution in [2.75, 3.05) is 11.1 Å². The molecule has 0 fully saturated rings. The van der Waals surface area contributed by atoms with Crippen molar-refractivity contribution in [3.8, 4) is 5.75 Å². The van der Waals surface area contributed by atoms with Gasteiger partial charge in [-0.3, -0.25) is 4.79 Å². The molecule has 0 radical (unpaired) electrons. The molecule has 0 saturated carbocycles. The zero-order valence-corrected chi connectivity index (χ0v) is 9.05. The Morgan fingerprint density at radius 3 is 2.59 bits per heavy atom. The van der Waals surface area contributed by atoms with Gasteiger partial charge in [0.15, 0.2) is 0 Å². The molecule has 0 saturated heterocycles. The number of nitrogens with two attached hydrogens (primary N) is 1. The lowest BCUT2D eigenvalue weighted by Gasteiger charge is -2.07. The van der Waals surface area contributed by atoms with Crippen LogP contribution in [0.1, 0.15) is 10.4 Å². The van der Waals surface area contributed by atoms with E-state index >= 15 is 0 Å². The lowest BCUT2D eigenvalue weighted by atomic mass is 10.2. The molecule has 4 nitrogen and oxygen atoms in total. The number of aromatic hydroxyl groups is 1. The van der Waals surface area contributed by atoms with E-state index in [-0.39, 0.29) is 11.7 Å². The maximum atomic E-state index is 11.8. The predicted octanol–water partition coefficient (Wildman–Crippen LogP) is 2.23. The number of phenolic OH excluding ortho intramolecular Hbond substituents is 1. The molecule has 1 amide bonds. The third-order valence-corrected chi connectivity index (χ3v) is 2.30. The van der Waals surface area contributed by atoms with Crippen LogP contribution in [0.4, 0.5) is 11.4 Å². The number of carbonyl (C=O) groups excluding carboxylic acids is 1. The summed E-state index contributed by atoms with van der Waals surface area (Å²) in [5.41, 5.74) is 6.94. The molecule has 0 atom stereocenters. The van der Waals surface area contributed by atoms with Crippen LogP contribution >= 0.6 is 0 Å². The Labute approximate surface area is 98.7 Å². The second-order valence-electron chi connectivity index (χ2n) is 3.60. The highest BCUT2D eigenvalue weighted by Crippen LogP contribution is 2.22. The number of phenols is 1. The molecule has 0 spiro atoms. The summed E-state index contributed by atoms with van der Waals surface area (Å²) < 4.78 is 0. The fourth-order valence-corrected chi connectivity index (χ4v) is 1.45. The molecule has 4 heteroatoms. The number of nitrogen functional groups attached to an aromatic ring is 1. The molecule has 0 aliphatic heterocycles. The van der Waals surface area contributed by atoms with Crippen LogP contribution in [0.25, 0.3) is 0 Å². The molecule has 17 heavy (non-hydrogen) atoms. The van der Waals surface area contributed by atoms with E-state index < -0.39 is 0 Å². The number of amides is 1. The number of para-hydroxylation sites is 2. The van der Waals surface area contributed by atoms with Gasteiger partial charge in [0.05, 0.1) is 5.69 Å². The largest absolute Gasteiger partial charge is 0.506 e. The van der Waals surface area contributed by atoms with Crippen molar-refractivity contribution in [1.82, 2.24) is 0 Å². The van der Waals surface area contributed by atoms with Crippen LogP contribution in [0.2, 0.25) is 0 Å². The van der Waals surface area contributed by atoms with Crippen LogP contribution in [0.3, 0.4) is 0 Å². The monoisotopic (exact) mass is 228 g/mol. The summed E-state index contributed by atoms with van der Waals surface area (Å²) in [7, 11) is 0. The van der Waals surface area contributed by atoms with Crippen LogP contribution in [0, 0.1) is 0 Å². The molecule has 2 rings (SSSR count). The molecule has 2 aromatic rings. The molecule has 4 N–H and O–H groups in total. The average molecular weight is 228 g/mol. The number of hydrogen-bond acceptors (Lipinski definition) is 3. The van der Waals surface area contributed by atoms with Crippen molar-refractivity contribution in [1.29, 1.82) is 0 Å². The molecule has 0 aliphatic rings. The Hall–Kier alpha value is -2.49. The molecule has 86 valence electrons. The Balaban J connectivity index is 2.20. The van der Waals surface area contributed by atoms with Gasteiger partial charge < -0.3 is 16.2 Å². The SMILES string of the molecule is Nc1cccc(C(=O)Nc2ccccc2O)c1. The van der Waals surface area contributed by atoms with E-state index in [1.165, 1.54) is 6.07 Å². The maximum Gasteiger partial charge on any atom is 0.255 e. The minimum Gasteiger partial charge on any atom is -0.506 e. The standard InChI is InChI=1S/C13H12N2O2/c14-10-5-3-4-9(8-10)13(17)15-11-6-1-2-7-12(11)16/h1-8,16H,14H2,(H,15,17). The highest BCUT2D eigenvalue weighted by atomic mass is 16.3. The van der Waals surface area contributed by atoms with Crippen molar-refractivity contribution in [2.45, 2.75) is 0 Å². The number of benzene rings is 2. The van der Waals surface area contributed by atoms with E-state index in [0.29, 0.717) is 16.9 Å². The zero-order valence-electron chi connectivity index (χ0n) is 9.05. The molecule has 0 bridgehead atoms. The number of rotatable bonds is 2. The van der Waals surface area contributed by atoms with Crippen LogP contribution in [-0.4, -0.2) is 11.0 Å². The lowest BCUT2D eigenvalue weighted by Crippen LogP contribution is -2.12. The first-order valence-electron chi connectivity index (χ1n) is 5.12. The Bertz CT molecular complexity index is 553. The van der Waals surface area contributed by atoms with Gasteiger partial charge in [0.2, 0.25) is 0 Å². The van der Waals surface area contributed by atoms with Gasteiger partial charge in [-0.1, -0.05) is 18.2 Å². The van der Waals surface area contributed by atoms with E-state index in [2.05, 4.69) is 5.32 Å². The highest BCUT2D eigenvalue weighted by molar-refractivity contribution is 6.05. The first kappa shape index (κ1) is 11.0. The minimum atomic E-state index is -0.307. The van der Waals surface area contributed by atoms with Crippen LogP contribution < -0.4 is 11.1 Å². The van der Waals surface area contributed by atoms with Crippen molar-refractivity contribution < 1.29 is 9.90 Å². The lowest BCUT2D eigenvalue weighted by molar-refractivity contribution is 0.102. The molecule has 0 unspecified atom stereocenters. The third kappa shape index (κ3) is 2.55. The smallest absolute Gasteiger partial charge is 0.255 e. The summed E-state index contributed by atoms with van der Waals surface area (Å²) in [6.45, 7) is 0. The normalized spacial score (nSPS) is 9.88. The number of carbonyl (C=O) groups is 1. The summed E-state index contributed by atoms with van der Waals surface area (Å²) in [6.07, 6.45) is 0. The fourth-order valence-electron chi connectivity index (χ4n) is 1.45. The summed E-state index contributed by atoms with van der Waals surface area (Å²) >= 11 is 0. The highest BCUT2D eigenvalue weighted by Gasteiger charge is 2.08. The average Bonchev–Trinajstić information content (AvgIpc) is 2.32. The number of nitrogens with one attached hydrogen (secondary N) is 1. The van der Waals surface area contributed by atoms with Crippen molar-refractivity contribution in [3.05, 3.63) is 54.1 Å². The van der Waals surface area contributed by atoms with Crippen LogP contribution in [0.15, 0.2) is 48.5 Å². The van der Waals surface area contributed by atoms with Gasteiger partial charge in [-0.15, -0.1) is 0 Å². The van der Waals surface area contributed by atoms with E-state index in [0.717, 1.165) is 0 Å². The zero-order chi connectivity index (χ0) is 12.3. The van der Waals surface area contributed by atoms with E-state index in [9.17, 15) is 9.90 Å². The third-order valence-electron chi connectivity index (χ3n) is 2.30. The van der Waals surface area contributed by atoms with Gasteiger partial charge in [0, 0.05) is 11.3 Å². The predicted molar refractivity (Wildman–Crippen MR) is 66.9 cm³/mol. The molecule has 2 aromatic carbocycles. The fraction of sp³-hybridized carbons (Fsp3) is 0. The van der Waals surface area contributed by atoms with Gasteiger partial charge in [-0.05, 0) is 30.3 Å². The molecular formula is C13H12N2O2. The number of hydrogen-bond donors (Lipinski definition) is 3. The Morgan fingerprint density at radius 1 is 1.12 bits per heavy atom. The van der Waals surface area contributed by atoms with E-state index in [1.54, 1.807) is 42.5 Å². The summed E-state index contributed by atoms with van der Waals surface area (Å²) in [4.78, 5) is 11.8. The van der Waals surface area contributed by atoms with E-state index in [1.807, 2.05) is 0 Å². The van der Waals surface area contributed by atoms with Crippen LogP contribution in [0.5, 0.6) is 5.75 Å². The molecule has 0 heterocycles. The van der Waals surface area contributed by atoms with Gasteiger partial charge >= 0.3 is 0 Å². The second-order valence-corrected chi connectivity index (χ2v) is 3.60. The van der Waals surface area contributed by atoms with Gasteiger partial charge in [0.25, 0.3) is 5.91 Å². The first-order valence-corrected chi connectivity index (χ1v) is 5.12. The van der Waals surface area contributed by atoms with Crippen LogP contribution in [-0.2, 0) is 0 Å². The molecule has 0 aromatic heterocycles. The number of anilines is 2. The van der Waals surface area contributed by atoms with Crippen molar-refractivity contribution >= 4 is 17.3 Å². The second kappa shape index (κ2) is 4.57. The van der Waals surface area contributed by atoms with Crippen molar-refractivity contribution in [2.24, 2.45) is 0 Å². The Kier molecular flexibility index (Phi) is 2.96. The first-order chi connectivity index (χ1) is 8.16. The van der Waals surface area contributed by atoms with E-state index in [4.69, 9.17) is 5.73 Å². The van der Waals surface area contributed by atoms with Gasteiger partial charge in [-0.25, -0.2) is 0 Å². The minimum absolute atomic E-state index is 0.0322. The van der Waals surface area contributed by atoms with Gasteiger partial charge in [-0.2, -0.15) is 0 Å². The summed E-state index contributed by atoms with van der Waals surface area (Å²) in [5, 5.41) is 12.1. The van der Waals surface area contributed by atoms with Crippen molar-refractivity contribution in [3.63, 3.8) is 0 Å². The Morgan fingerprint density at radius 2 is 1.88 bits per heavy atom. The summed E-state index contributed by atoms with van der Waals surface area (Å²) in [5.74, 6) is -0.274. The molecule has 0 aliphatic carbocycles. The maximum absolute atomic E-state index is 11.8. The summed E-state index contributed by atoms with van der Waals surface area (Å²) in [6, 6.07) is 13.2. The topological polar surface area (TPSA) is 75.4 Å². The molecular weight excluding hydrogens is 216 g/mol. The van der Waals surface area contributed by atoms with Gasteiger partial charge in [0.1, 0.15) is 5.75 Å².